The lowest BCUT2D eigenvalue weighted by atomic mass is 10.1. The highest BCUT2D eigenvalue weighted by molar-refractivity contribution is 7.91. The summed E-state index contributed by atoms with van der Waals surface area (Å²) < 4.78 is 73.9. The largest absolute Gasteiger partial charge is 0.493 e. The van der Waals surface area contributed by atoms with Crippen LogP contribution in [0.5, 0.6) is 11.5 Å². The molecule has 1 aromatic heterocycles. The second-order valence-electron chi connectivity index (χ2n) is 7.23. The van der Waals surface area contributed by atoms with Gasteiger partial charge in [0.05, 0.1) is 17.3 Å². The Hall–Kier alpha value is -2.49. The summed E-state index contributed by atoms with van der Waals surface area (Å²) in [5, 5.41) is 0. The van der Waals surface area contributed by atoms with Crippen LogP contribution in [0.25, 0.3) is 11.1 Å². The fraction of sp³-hybridized carbons (Fsp3) is 0.450. The van der Waals surface area contributed by atoms with Gasteiger partial charge in [-0.05, 0) is 43.0 Å². The lowest BCUT2D eigenvalue weighted by Gasteiger charge is -2.16. The third kappa shape index (κ3) is 5.35. The first-order valence-electron chi connectivity index (χ1n) is 9.40. The molecule has 0 bridgehead atoms. The molecule has 3 rings (SSSR count). The van der Waals surface area contributed by atoms with E-state index in [2.05, 4.69) is 0 Å². The summed E-state index contributed by atoms with van der Waals surface area (Å²) in [7, 11) is -2.15. The van der Waals surface area contributed by atoms with Crippen molar-refractivity contribution in [1.29, 1.82) is 0 Å². The van der Waals surface area contributed by atoms with Crippen molar-refractivity contribution in [2.75, 3.05) is 19.0 Å². The molecule has 0 aliphatic heterocycles. The van der Waals surface area contributed by atoms with Gasteiger partial charge in [-0.3, -0.25) is 4.79 Å². The summed E-state index contributed by atoms with van der Waals surface area (Å²) in [4.78, 5) is 12.3. The van der Waals surface area contributed by atoms with Crippen molar-refractivity contribution in [1.82, 2.24) is 4.57 Å². The number of sulfone groups is 1. The van der Waals surface area contributed by atoms with Crippen LogP contribution in [-0.4, -0.2) is 38.1 Å². The summed E-state index contributed by atoms with van der Waals surface area (Å²) in [5.41, 5.74) is -0.0633. The number of aryl methyl sites for hydroxylation is 1. The van der Waals surface area contributed by atoms with E-state index in [9.17, 15) is 26.4 Å². The first-order chi connectivity index (χ1) is 14.0. The van der Waals surface area contributed by atoms with Gasteiger partial charge in [-0.2, -0.15) is 13.2 Å². The van der Waals surface area contributed by atoms with Crippen LogP contribution in [0.15, 0.2) is 40.2 Å². The van der Waals surface area contributed by atoms with Crippen LogP contribution < -0.4 is 15.0 Å². The van der Waals surface area contributed by atoms with E-state index in [1.54, 1.807) is 0 Å². The zero-order valence-electron chi connectivity index (χ0n) is 16.5. The molecule has 0 unspecified atom stereocenters. The summed E-state index contributed by atoms with van der Waals surface area (Å²) in [6, 6.07) is 5.55. The van der Waals surface area contributed by atoms with Crippen LogP contribution in [0.4, 0.5) is 13.2 Å². The topological polar surface area (TPSA) is 74.6 Å². The van der Waals surface area contributed by atoms with Gasteiger partial charge in [0.25, 0.3) is 5.56 Å². The molecule has 0 atom stereocenters. The average molecular weight is 445 g/mol. The maximum Gasteiger partial charge on any atom is 0.422 e. The first-order valence-corrected chi connectivity index (χ1v) is 11.1. The van der Waals surface area contributed by atoms with E-state index in [4.69, 9.17) is 9.47 Å². The van der Waals surface area contributed by atoms with Gasteiger partial charge in [0.1, 0.15) is 5.75 Å². The molecular formula is C20H22F3NO5S. The fourth-order valence-corrected chi connectivity index (χ4v) is 3.71. The number of aromatic nitrogens is 1. The number of hydrogen-bond donors (Lipinski definition) is 0. The van der Waals surface area contributed by atoms with Crippen molar-refractivity contribution >= 4 is 9.84 Å². The third-order valence-electron chi connectivity index (χ3n) is 4.71. The van der Waals surface area contributed by atoms with Crippen LogP contribution in [0.3, 0.4) is 0 Å². The van der Waals surface area contributed by atoms with Crippen LogP contribution >= 0.6 is 0 Å². The standard InChI is InChI=1S/C20H22F3NO5S/c1-3-30(26,27)15-6-7-17(28-11-13-4-5-13)16(9-15)14-8-18(19(25)24(2)10-14)29-12-20(21,22)23/h6-10,13H,3-5,11-12H2,1-2H3. The minimum absolute atomic E-state index is 0.0605. The molecule has 10 heteroatoms. The highest BCUT2D eigenvalue weighted by atomic mass is 32.2. The van der Waals surface area contributed by atoms with Gasteiger partial charge in [0.2, 0.25) is 0 Å². The molecule has 164 valence electrons. The molecule has 2 aromatic rings. The van der Waals surface area contributed by atoms with Gasteiger partial charge in [-0.25, -0.2) is 8.42 Å². The molecule has 30 heavy (non-hydrogen) atoms. The number of alkyl halides is 3. The summed E-state index contributed by atoms with van der Waals surface area (Å²) in [6.07, 6.45) is -1.10. The third-order valence-corrected chi connectivity index (χ3v) is 6.45. The second-order valence-corrected chi connectivity index (χ2v) is 9.51. The Labute approximate surface area is 172 Å². The van der Waals surface area contributed by atoms with Crippen LogP contribution in [0, 0.1) is 5.92 Å². The normalized spacial score (nSPS) is 14.6. The maximum absolute atomic E-state index is 12.5. The smallest absolute Gasteiger partial charge is 0.422 e. The highest BCUT2D eigenvalue weighted by Crippen LogP contribution is 2.36. The van der Waals surface area contributed by atoms with Crippen molar-refractivity contribution in [2.24, 2.45) is 13.0 Å². The highest BCUT2D eigenvalue weighted by Gasteiger charge is 2.29. The summed E-state index contributed by atoms with van der Waals surface area (Å²) in [5.74, 6) is 0.228. The summed E-state index contributed by atoms with van der Waals surface area (Å²) >= 11 is 0. The number of halogens is 3. The maximum atomic E-state index is 12.5. The van der Waals surface area contributed by atoms with E-state index in [-0.39, 0.29) is 10.6 Å². The Morgan fingerprint density at radius 1 is 1.13 bits per heavy atom. The van der Waals surface area contributed by atoms with Crippen LogP contribution in [0.2, 0.25) is 0 Å². The van der Waals surface area contributed by atoms with E-state index in [1.807, 2.05) is 0 Å². The summed E-state index contributed by atoms with van der Waals surface area (Å²) in [6.45, 7) is 0.360. The van der Waals surface area contributed by atoms with Crippen LogP contribution in [-0.2, 0) is 16.9 Å². The molecule has 1 saturated carbocycles. The van der Waals surface area contributed by atoms with Gasteiger partial charge in [-0.1, -0.05) is 6.92 Å². The van der Waals surface area contributed by atoms with E-state index < -0.39 is 33.9 Å². The molecule has 1 aromatic carbocycles. The lowest BCUT2D eigenvalue weighted by molar-refractivity contribution is -0.153. The zero-order valence-corrected chi connectivity index (χ0v) is 17.3. The van der Waals surface area contributed by atoms with Crippen LogP contribution in [0.1, 0.15) is 19.8 Å². The number of nitrogens with zero attached hydrogens (tertiary/aromatic N) is 1. The quantitative estimate of drug-likeness (QED) is 0.621. The van der Waals surface area contributed by atoms with E-state index in [0.717, 1.165) is 17.4 Å². The Kier molecular flexibility index (Phi) is 6.16. The van der Waals surface area contributed by atoms with Crippen molar-refractivity contribution < 1.29 is 31.1 Å². The van der Waals surface area contributed by atoms with Gasteiger partial charge >= 0.3 is 6.18 Å². The molecule has 0 spiro atoms. The molecule has 1 fully saturated rings. The van der Waals surface area contributed by atoms with Crippen molar-refractivity contribution in [2.45, 2.75) is 30.8 Å². The monoisotopic (exact) mass is 445 g/mol. The molecule has 0 radical (unpaired) electrons. The first kappa shape index (κ1) is 22.2. The Bertz CT molecular complexity index is 1090. The van der Waals surface area contributed by atoms with E-state index >= 15 is 0 Å². The Morgan fingerprint density at radius 2 is 1.83 bits per heavy atom. The van der Waals surface area contributed by atoms with Crippen molar-refractivity contribution in [3.8, 4) is 22.6 Å². The van der Waals surface area contributed by atoms with Gasteiger partial charge < -0.3 is 14.0 Å². The molecule has 0 amide bonds. The molecule has 1 aliphatic rings. The molecule has 1 aliphatic carbocycles. The van der Waals surface area contributed by atoms with Gasteiger partial charge in [0, 0.05) is 24.4 Å². The number of rotatable bonds is 8. The molecular weight excluding hydrogens is 423 g/mol. The zero-order chi connectivity index (χ0) is 22.1. The average Bonchev–Trinajstić information content (AvgIpc) is 3.51. The second kappa shape index (κ2) is 8.33. The lowest BCUT2D eigenvalue weighted by Crippen LogP contribution is -2.25. The molecule has 0 saturated heterocycles. The Morgan fingerprint density at radius 3 is 2.43 bits per heavy atom. The Balaban J connectivity index is 2.07. The van der Waals surface area contributed by atoms with Gasteiger partial charge in [-0.15, -0.1) is 0 Å². The van der Waals surface area contributed by atoms with E-state index in [0.29, 0.717) is 29.4 Å². The number of pyridine rings is 1. The SMILES string of the molecule is CCS(=O)(=O)c1ccc(OCC2CC2)c(-c2cc(OCC(F)(F)F)c(=O)n(C)c2)c1. The van der Waals surface area contributed by atoms with E-state index in [1.165, 1.54) is 44.4 Å². The number of ether oxygens (including phenoxy) is 2. The molecule has 1 heterocycles. The number of benzene rings is 1. The van der Waals surface area contributed by atoms with Gasteiger partial charge in [0.15, 0.2) is 22.2 Å². The minimum atomic E-state index is -4.60. The fourth-order valence-electron chi connectivity index (χ4n) is 2.80. The molecule has 6 nitrogen and oxygen atoms in total. The predicted molar refractivity (Wildman–Crippen MR) is 105 cm³/mol. The van der Waals surface area contributed by atoms with Crippen molar-refractivity contribution in [3.63, 3.8) is 0 Å². The molecule has 0 N–H and O–H groups in total. The predicted octanol–water partition coefficient (Wildman–Crippen LogP) is 3.58. The van der Waals surface area contributed by atoms with Crippen molar-refractivity contribution in [3.05, 3.63) is 40.8 Å². The minimum Gasteiger partial charge on any atom is -0.493 e. The number of hydrogen-bond acceptors (Lipinski definition) is 5.